The summed E-state index contributed by atoms with van der Waals surface area (Å²) >= 11 is 0. The third-order valence-corrected chi connectivity index (χ3v) is 5.82. The van der Waals surface area contributed by atoms with Crippen molar-refractivity contribution in [1.29, 1.82) is 5.26 Å². The summed E-state index contributed by atoms with van der Waals surface area (Å²) in [6, 6.07) is 16.2. The van der Waals surface area contributed by atoms with Crippen LogP contribution in [0.4, 0.5) is 4.39 Å². The Morgan fingerprint density at radius 3 is 2.55 bits per heavy atom. The molecule has 0 fully saturated rings. The molecule has 146 valence electrons. The normalized spacial score (nSPS) is 23.9. The van der Waals surface area contributed by atoms with E-state index in [0.717, 1.165) is 17.0 Å². The number of carbonyl (C=O) groups is 1. The highest BCUT2D eigenvalue weighted by Gasteiger charge is 2.41. The van der Waals surface area contributed by atoms with Crippen LogP contribution in [0.25, 0.3) is 0 Å². The number of allylic oxidation sites excluding steroid dienone is 2. The maximum atomic E-state index is 13.9. The van der Waals surface area contributed by atoms with Crippen LogP contribution in [0.15, 0.2) is 64.8 Å². The number of hydrogen-bond donors (Lipinski definition) is 0. The van der Waals surface area contributed by atoms with E-state index < -0.39 is 11.8 Å². The molecule has 0 aromatic heterocycles. The molecule has 0 N–H and O–H groups in total. The molecule has 4 rings (SSSR count). The van der Waals surface area contributed by atoms with Crippen LogP contribution >= 0.6 is 0 Å². The molecule has 0 bridgehead atoms. The number of hydrogen-bond acceptors (Lipinski definition) is 4. The van der Waals surface area contributed by atoms with Gasteiger partial charge in [-0.25, -0.2) is 4.39 Å². The third kappa shape index (κ3) is 3.47. The van der Waals surface area contributed by atoms with Crippen molar-refractivity contribution < 1.29 is 13.9 Å². The van der Waals surface area contributed by atoms with Crippen LogP contribution in [0.3, 0.4) is 0 Å². The first-order valence-electron chi connectivity index (χ1n) is 9.62. The van der Waals surface area contributed by atoms with Gasteiger partial charge >= 0.3 is 0 Å². The van der Waals surface area contributed by atoms with Crippen molar-refractivity contribution in [2.45, 2.75) is 31.6 Å². The van der Waals surface area contributed by atoms with Crippen molar-refractivity contribution >= 4 is 11.5 Å². The molecule has 2 aromatic carbocycles. The molecule has 1 heterocycles. The van der Waals surface area contributed by atoms with Gasteiger partial charge in [0.25, 0.3) is 0 Å². The van der Waals surface area contributed by atoms with Gasteiger partial charge in [0.2, 0.25) is 0 Å². The lowest BCUT2D eigenvalue weighted by atomic mass is 9.69. The highest BCUT2D eigenvalue weighted by atomic mass is 19.1. The van der Waals surface area contributed by atoms with E-state index in [-0.39, 0.29) is 17.5 Å². The second-order valence-corrected chi connectivity index (χ2v) is 7.55. The Balaban J connectivity index is 1.76. The number of benzene rings is 2. The van der Waals surface area contributed by atoms with Crippen LogP contribution in [0.5, 0.6) is 5.75 Å². The molecule has 4 nitrogen and oxygen atoms in total. The first-order valence-corrected chi connectivity index (χ1v) is 9.62. The molecule has 0 saturated carbocycles. The topological polar surface area (TPSA) is 62.4 Å². The quantitative estimate of drug-likeness (QED) is 0.749. The summed E-state index contributed by atoms with van der Waals surface area (Å²) in [7, 11) is 1.62. The number of nitrogens with zero attached hydrogens (tertiary/aromatic N) is 2. The van der Waals surface area contributed by atoms with Crippen LogP contribution in [0.1, 0.15) is 42.7 Å². The molecular weight excluding hydrogens is 367 g/mol. The lowest BCUT2D eigenvalue weighted by molar-refractivity contribution is -0.116. The Morgan fingerprint density at radius 2 is 1.90 bits per heavy atom. The molecule has 0 spiro atoms. The number of Topliss-reactive ketones (excluding diaryl/α,β-unsaturated/α-hetero) is 1. The number of aliphatic imine (C=N–C) groups is 1. The smallest absolute Gasteiger partial charge is 0.161 e. The van der Waals surface area contributed by atoms with Crippen LogP contribution in [0, 0.1) is 23.1 Å². The molecule has 5 heteroatoms. The van der Waals surface area contributed by atoms with E-state index in [4.69, 9.17) is 4.74 Å². The van der Waals surface area contributed by atoms with Gasteiger partial charge in [0, 0.05) is 29.3 Å². The zero-order chi connectivity index (χ0) is 20.5. The van der Waals surface area contributed by atoms with Crippen molar-refractivity contribution in [3.8, 4) is 11.8 Å². The van der Waals surface area contributed by atoms with E-state index in [1.54, 1.807) is 19.2 Å². The summed E-state index contributed by atoms with van der Waals surface area (Å²) in [6.45, 7) is 1.81. The molecule has 0 saturated heterocycles. The minimum absolute atomic E-state index is 0.0159. The molecule has 0 radical (unpaired) electrons. The highest BCUT2D eigenvalue weighted by Crippen LogP contribution is 2.46. The average molecular weight is 388 g/mol. The van der Waals surface area contributed by atoms with Gasteiger partial charge in [0.05, 0.1) is 19.1 Å². The number of carbonyl (C=O) groups excluding carboxylic acids is 1. The lowest BCUT2D eigenvalue weighted by Gasteiger charge is -2.35. The Hall–Kier alpha value is -3.26. The van der Waals surface area contributed by atoms with Gasteiger partial charge in [-0.1, -0.05) is 24.3 Å². The zero-order valence-corrected chi connectivity index (χ0v) is 16.4. The first-order chi connectivity index (χ1) is 14.0. The van der Waals surface area contributed by atoms with E-state index in [1.165, 1.54) is 12.1 Å². The van der Waals surface area contributed by atoms with Gasteiger partial charge in [-0.05, 0) is 54.7 Å². The van der Waals surface area contributed by atoms with Gasteiger partial charge in [0.1, 0.15) is 11.6 Å². The maximum absolute atomic E-state index is 13.9. The van der Waals surface area contributed by atoms with Gasteiger partial charge in [-0.3, -0.25) is 9.79 Å². The molecule has 1 aliphatic heterocycles. The Morgan fingerprint density at radius 1 is 1.14 bits per heavy atom. The Labute approximate surface area is 169 Å². The van der Waals surface area contributed by atoms with E-state index in [9.17, 15) is 14.4 Å². The van der Waals surface area contributed by atoms with E-state index in [1.807, 2.05) is 31.2 Å². The number of methoxy groups -OCH3 is 1. The molecule has 1 unspecified atom stereocenters. The summed E-state index contributed by atoms with van der Waals surface area (Å²) in [5, 5.41) is 9.75. The lowest BCUT2D eigenvalue weighted by Crippen LogP contribution is -2.32. The molecule has 29 heavy (non-hydrogen) atoms. The van der Waals surface area contributed by atoms with Crippen LogP contribution in [0.2, 0.25) is 0 Å². The van der Waals surface area contributed by atoms with E-state index in [0.29, 0.717) is 29.7 Å². The van der Waals surface area contributed by atoms with Gasteiger partial charge in [-0.2, -0.15) is 5.26 Å². The zero-order valence-electron chi connectivity index (χ0n) is 16.4. The predicted octanol–water partition coefficient (Wildman–Crippen LogP) is 4.93. The number of ketones is 1. The van der Waals surface area contributed by atoms with E-state index >= 15 is 0 Å². The summed E-state index contributed by atoms with van der Waals surface area (Å²) in [5.41, 5.74) is 3.67. The monoisotopic (exact) mass is 388 g/mol. The maximum Gasteiger partial charge on any atom is 0.161 e. The minimum atomic E-state index is -0.572. The fourth-order valence-electron chi connectivity index (χ4n) is 4.40. The Bertz CT molecular complexity index is 1060. The third-order valence-electron chi connectivity index (χ3n) is 5.82. The second kappa shape index (κ2) is 7.63. The molecule has 2 aliphatic rings. The number of nitriles is 1. The minimum Gasteiger partial charge on any atom is -0.497 e. The van der Waals surface area contributed by atoms with Crippen molar-refractivity contribution in [3.63, 3.8) is 0 Å². The fourth-order valence-corrected chi connectivity index (χ4v) is 4.40. The standard InChI is InChI=1S/C24H21FN2O2/c1-14-20(13-26)23(16-4-3-5-18(25)10-16)24-21(27-14)11-17(12-22(24)28)15-6-8-19(29-2)9-7-15/h3-10,17,20,23H,11-12H2,1-2H3/t17-,20?,23+/m0/s1. The molecule has 3 atom stereocenters. The first kappa shape index (κ1) is 19.1. The van der Waals surface area contributed by atoms with Crippen molar-refractivity contribution in [3.05, 3.63) is 76.7 Å². The van der Waals surface area contributed by atoms with Crippen molar-refractivity contribution in [1.82, 2.24) is 0 Å². The summed E-state index contributed by atoms with van der Waals surface area (Å²) in [6.07, 6.45) is 0.971. The SMILES string of the molecule is COc1ccc([C@@H]2CC(=O)C3=C(C2)N=C(C)C(C#N)[C@H]3c2cccc(F)c2)cc1. The van der Waals surface area contributed by atoms with Gasteiger partial charge in [0.15, 0.2) is 5.78 Å². The summed E-state index contributed by atoms with van der Waals surface area (Å²) < 4.78 is 19.1. The van der Waals surface area contributed by atoms with Crippen LogP contribution in [-0.4, -0.2) is 18.6 Å². The second-order valence-electron chi connectivity index (χ2n) is 7.55. The van der Waals surface area contributed by atoms with Gasteiger partial charge < -0.3 is 4.74 Å². The van der Waals surface area contributed by atoms with Crippen LogP contribution in [-0.2, 0) is 4.79 Å². The Kier molecular flexibility index (Phi) is 5.02. The van der Waals surface area contributed by atoms with Crippen LogP contribution < -0.4 is 4.74 Å². The summed E-state index contributed by atoms with van der Waals surface area (Å²) in [4.78, 5) is 17.9. The number of rotatable bonds is 3. The van der Waals surface area contributed by atoms with Gasteiger partial charge in [-0.15, -0.1) is 0 Å². The number of ether oxygens (including phenoxy) is 1. The van der Waals surface area contributed by atoms with Crippen molar-refractivity contribution in [2.75, 3.05) is 7.11 Å². The largest absolute Gasteiger partial charge is 0.497 e. The molecular formula is C24H21FN2O2. The number of halogens is 1. The molecule has 1 aliphatic carbocycles. The summed E-state index contributed by atoms with van der Waals surface area (Å²) in [5.74, 6) is -0.649. The van der Waals surface area contributed by atoms with E-state index in [2.05, 4.69) is 11.1 Å². The predicted molar refractivity (Wildman–Crippen MR) is 108 cm³/mol. The fraction of sp³-hybridized carbons (Fsp3) is 0.292. The highest BCUT2D eigenvalue weighted by molar-refractivity contribution is 6.03. The van der Waals surface area contributed by atoms with Crippen molar-refractivity contribution in [2.24, 2.45) is 10.9 Å². The average Bonchev–Trinajstić information content (AvgIpc) is 2.72. The molecule has 0 amide bonds. The molecule has 2 aromatic rings.